The van der Waals surface area contributed by atoms with Gasteiger partial charge in [-0.1, -0.05) is 220 Å². The number of aliphatic carboxylic acids is 2. The second kappa shape index (κ2) is 35.7. The lowest BCUT2D eigenvalue weighted by Crippen LogP contribution is -2.33. The fourth-order valence-corrected chi connectivity index (χ4v) is 13.0. The second-order valence-corrected chi connectivity index (χ2v) is 20.3. The Balaban J connectivity index is 4.42. The first-order chi connectivity index (χ1) is 23.8. The first kappa shape index (κ1) is 48.3. The number of rotatable bonds is 40. The molecule has 0 aromatic carbocycles. The van der Waals surface area contributed by atoms with E-state index in [0.29, 0.717) is 0 Å². The van der Waals surface area contributed by atoms with Crippen molar-refractivity contribution in [2.24, 2.45) is 0 Å². The van der Waals surface area contributed by atoms with Crippen molar-refractivity contribution in [2.45, 2.75) is 257 Å². The molecule has 2 N–H and O–H groups in total. The maximum atomic E-state index is 11.8. The minimum atomic E-state index is -1.34. The van der Waals surface area contributed by atoms with Crippen LogP contribution in [0, 0.1) is 0 Å². The van der Waals surface area contributed by atoms with Crippen LogP contribution >= 0.6 is 10.0 Å². The van der Waals surface area contributed by atoms with Crippen molar-refractivity contribution in [2.75, 3.05) is 11.5 Å². The molecule has 0 saturated heterocycles. The topological polar surface area (TPSA) is 74.6 Å². The Morgan fingerprint density at radius 3 is 0.735 bits per heavy atom. The Morgan fingerprint density at radius 1 is 0.367 bits per heavy atom. The molecular weight excluding hydrogens is 625 g/mol. The van der Waals surface area contributed by atoms with Gasteiger partial charge in [0.15, 0.2) is 0 Å². The van der Waals surface area contributed by atoms with Gasteiger partial charge in [0.25, 0.3) is 0 Å². The zero-order valence-electron chi connectivity index (χ0n) is 33.7. The van der Waals surface area contributed by atoms with Gasteiger partial charge in [0.1, 0.15) is 0 Å². The lowest BCUT2D eigenvalue weighted by atomic mass is 10.0. The van der Waals surface area contributed by atoms with Crippen molar-refractivity contribution in [1.29, 1.82) is 0 Å². The number of hydrogen-bond acceptors (Lipinski definition) is 2. The summed E-state index contributed by atoms with van der Waals surface area (Å²) in [5.41, 5.74) is 0. The molecule has 0 fully saturated rings. The summed E-state index contributed by atoms with van der Waals surface area (Å²) >= 11 is 0. The molecule has 4 nitrogen and oxygen atoms in total. The van der Waals surface area contributed by atoms with Crippen LogP contribution in [0.2, 0.25) is 0 Å². The van der Waals surface area contributed by atoms with Gasteiger partial charge in [0.2, 0.25) is 0 Å². The van der Waals surface area contributed by atoms with Crippen LogP contribution in [0.3, 0.4) is 0 Å². The summed E-state index contributed by atoms with van der Waals surface area (Å²) in [5, 5.41) is 19.6. The van der Waals surface area contributed by atoms with Crippen LogP contribution in [0.15, 0.2) is 0 Å². The maximum absolute atomic E-state index is 11.8. The summed E-state index contributed by atoms with van der Waals surface area (Å²) < 4.78 is 0. The Labute approximate surface area is 308 Å². The summed E-state index contributed by atoms with van der Waals surface area (Å²) in [6, 6.07) is 0. The Hall–Kier alpha value is -0.710. The number of carboxylic acid groups (broad SMARTS) is 2. The molecule has 0 spiro atoms. The van der Waals surface area contributed by atoms with Crippen LogP contribution in [0.4, 0.5) is 0 Å². The number of unbranched alkanes of at least 4 members (excludes halogenated alkanes) is 30. The van der Waals surface area contributed by atoms with E-state index in [4.69, 9.17) is 0 Å². The highest BCUT2D eigenvalue weighted by Gasteiger charge is 2.37. The van der Waals surface area contributed by atoms with Crippen molar-refractivity contribution in [3.8, 4) is 0 Å². The van der Waals surface area contributed by atoms with E-state index in [1.165, 1.54) is 193 Å². The van der Waals surface area contributed by atoms with Crippen molar-refractivity contribution in [3.63, 3.8) is 0 Å². The molecule has 2 atom stereocenters. The Bertz CT molecular complexity index is 666. The van der Waals surface area contributed by atoms with Gasteiger partial charge in [-0.15, -0.1) is 0 Å². The van der Waals surface area contributed by atoms with Gasteiger partial charge < -0.3 is 10.2 Å². The summed E-state index contributed by atoms with van der Waals surface area (Å²) in [5.74, 6) is 0.636. The third kappa shape index (κ3) is 29.6. The van der Waals surface area contributed by atoms with Crippen LogP contribution < -0.4 is 0 Å². The first-order valence-corrected chi connectivity index (χ1v) is 24.1. The molecule has 0 aliphatic rings. The molecular formula is C44H88O4S. The summed E-state index contributed by atoms with van der Waals surface area (Å²) in [7, 11) is -1.34. The third-order valence-electron chi connectivity index (χ3n) is 11.3. The fourth-order valence-electron chi connectivity index (χ4n) is 7.96. The molecule has 0 rings (SSSR count). The highest BCUT2D eigenvalue weighted by atomic mass is 32.3. The average molecular weight is 713 g/mol. The van der Waals surface area contributed by atoms with Gasteiger partial charge in [-0.25, -0.2) is 10.0 Å². The highest BCUT2D eigenvalue weighted by Crippen LogP contribution is 2.60. The predicted octanol–water partition coefficient (Wildman–Crippen LogP) is 15.0. The van der Waals surface area contributed by atoms with E-state index >= 15 is 0 Å². The van der Waals surface area contributed by atoms with E-state index in [1.807, 2.05) is 0 Å². The lowest BCUT2D eigenvalue weighted by molar-refractivity contribution is -0.137. The average Bonchev–Trinajstić information content (AvgIpc) is 3.06. The quantitative estimate of drug-likeness (QED) is 0.0620. The molecule has 0 aromatic heterocycles. The molecule has 49 heavy (non-hydrogen) atoms. The van der Waals surface area contributed by atoms with Crippen LogP contribution in [-0.4, -0.2) is 44.2 Å². The number of hydrogen-bond donors (Lipinski definition) is 2. The molecule has 0 aliphatic carbocycles. The van der Waals surface area contributed by atoms with E-state index in [2.05, 4.69) is 27.7 Å². The molecule has 0 bridgehead atoms. The summed E-state index contributed by atoms with van der Waals surface area (Å²) in [6.45, 7) is 8.82. The third-order valence-corrected chi connectivity index (χ3v) is 16.9. The van der Waals surface area contributed by atoms with E-state index < -0.39 is 22.0 Å². The molecule has 0 amide bonds. The molecule has 0 aliphatic heterocycles. The normalized spacial score (nSPS) is 13.5. The molecule has 5 heteroatoms. The Morgan fingerprint density at radius 2 is 0.551 bits per heavy atom. The SMILES string of the molecule is CCCCCCCCCCCCCCCCCCS(CCCCCCCCCCCCCCCCCC)(C(C)CC(=O)O)C(C)CC(=O)O. The number of carboxylic acids is 2. The van der Waals surface area contributed by atoms with Crippen LogP contribution in [0.25, 0.3) is 0 Å². The maximum Gasteiger partial charge on any atom is 0.304 e. The van der Waals surface area contributed by atoms with Gasteiger partial charge in [0, 0.05) is 0 Å². The standard InChI is InChI=1S/C44H88O4S/c1-5-7-9-11-13-15-17-19-21-23-25-27-29-31-33-35-37-49(41(3)39-43(45)46,42(4)40-44(47)48)38-36-34-32-30-28-26-24-22-20-18-16-14-12-10-8-6-2/h41-42H,5-40H2,1-4H3,(H,45,46)(H,47,48). The van der Waals surface area contributed by atoms with Gasteiger partial charge >= 0.3 is 11.9 Å². The minimum absolute atomic E-state index is 0.0760. The predicted molar refractivity (Wildman–Crippen MR) is 220 cm³/mol. The van der Waals surface area contributed by atoms with Crippen molar-refractivity contribution in [1.82, 2.24) is 0 Å². The van der Waals surface area contributed by atoms with Crippen LogP contribution in [0.5, 0.6) is 0 Å². The first-order valence-electron chi connectivity index (χ1n) is 22.0. The molecule has 0 radical (unpaired) electrons. The van der Waals surface area contributed by atoms with Gasteiger partial charge in [-0.2, -0.15) is 0 Å². The molecule has 0 heterocycles. The molecule has 2 unspecified atom stereocenters. The fraction of sp³-hybridized carbons (Fsp3) is 0.955. The van der Waals surface area contributed by atoms with Crippen molar-refractivity contribution < 1.29 is 19.8 Å². The van der Waals surface area contributed by atoms with E-state index in [1.54, 1.807) is 0 Å². The Kier molecular flexibility index (Phi) is 35.2. The monoisotopic (exact) mass is 713 g/mol. The van der Waals surface area contributed by atoms with Gasteiger partial charge in [-0.3, -0.25) is 9.59 Å². The zero-order valence-corrected chi connectivity index (χ0v) is 34.5. The van der Waals surface area contributed by atoms with Gasteiger partial charge in [0.05, 0.1) is 12.8 Å². The largest absolute Gasteiger partial charge is 0.481 e. The van der Waals surface area contributed by atoms with Crippen LogP contribution in [0.1, 0.15) is 246 Å². The molecule has 294 valence electrons. The van der Waals surface area contributed by atoms with Gasteiger partial charge in [-0.05, 0) is 34.8 Å². The van der Waals surface area contributed by atoms with Crippen molar-refractivity contribution >= 4 is 22.0 Å². The summed E-state index contributed by atoms with van der Waals surface area (Å²) in [6.07, 6.45) is 43.5. The van der Waals surface area contributed by atoms with E-state index in [0.717, 1.165) is 24.3 Å². The van der Waals surface area contributed by atoms with E-state index in [-0.39, 0.29) is 23.3 Å². The highest BCUT2D eigenvalue weighted by molar-refractivity contribution is 8.34. The smallest absolute Gasteiger partial charge is 0.304 e. The second-order valence-electron chi connectivity index (χ2n) is 15.8. The van der Waals surface area contributed by atoms with Crippen molar-refractivity contribution in [3.05, 3.63) is 0 Å². The molecule has 0 saturated carbocycles. The summed E-state index contributed by atoms with van der Waals surface area (Å²) in [4.78, 5) is 23.7. The number of carbonyl (C=O) groups is 2. The minimum Gasteiger partial charge on any atom is -0.481 e. The van der Waals surface area contributed by atoms with E-state index in [9.17, 15) is 19.8 Å². The lowest BCUT2D eigenvalue weighted by Gasteiger charge is -2.50. The molecule has 0 aromatic rings. The van der Waals surface area contributed by atoms with Crippen LogP contribution in [-0.2, 0) is 9.59 Å². The zero-order chi connectivity index (χ0) is 36.3.